The van der Waals surface area contributed by atoms with Crippen molar-refractivity contribution in [3.63, 3.8) is 0 Å². The van der Waals surface area contributed by atoms with Gasteiger partial charge in [0.1, 0.15) is 5.75 Å². The maximum absolute atomic E-state index is 11.7. The SMILES string of the molecule is Cc1cccc(/C=C/C(=O)NNC(=O)COc2cc(C)cc(C)c2)c1. The number of nitrogens with one attached hydrogen (secondary N) is 2. The van der Waals surface area contributed by atoms with Gasteiger partial charge in [-0.1, -0.05) is 35.9 Å². The van der Waals surface area contributed by atoms with E-state index in [4.69, 9.17) is 4.74 Å². The van der Waals surface area contributed by atoms with E-state index < -0.39 is 11.8 Å². The molecule has 0 unspecified atom stereocenters. The topological polar surface area (TPSA) is 67.4 Å². The summed E-state index contributed by atoms with van der Waals surface area (Å²) in [6.07, 6.45) is 3.04. The number of hydrazine groups is 1. The Morgan fingerprint density at radius 1 is 0.960 bits per heavy atom. The molecular weight excluding hydrogens is 316 g/mol. The molecule has 0 aliphatic carbocycles. The highest BCUT2D eigenvalue weighted by Crippen LogP contribution is 2.15. The Hall–Kier alpha value is -3.08. The van der Waals surface area contributed by atoms with E-state index in [1.807, 2.05) is 63.2 Å². The molecular formula is C20H22N2O3. The quantitative estimate of drug-likeness (QED) is 0.651. The van der Waals surface area contributed by atoms with Gasteiger partial charge in [-0.15, -0.1) is 0 Å². The molecule has 0 fully saturated rings. The largest absolute Gasteiger partial charge is 0.484 e. The van der Waals surface area contributed by atoms with Crippen LogP contribution in [0.1, 0.15) is 22.3 Å². The van der Waals surface area contributed by atoms with Crippen LogP contribution in [-0.2, 0) is 9.59 Å². The normalized spacial score (nSPS) is 10.5. The van der Waals surface area contributed by atoms with E-state index >= 15 is 0 Å². The van der Waals surface area contributed by atoms with E-state index in [1.54, 1.807) is 6.08 Å². The van der Waals surface area contributed by atoms with Gasteiger partial charge in [-0.2, -0.15) is 0 Å². The molecule has 0 saturated heterocycles. The Morgan fingerprint density at radius 3 is 2.36 bits per heavy atom. The highest BCUT2D eigenvalue weighted by Gasteiger charge is 2.04. The number of rotatable bonds is 5. The predicted octanol–water partition coefficient (Wildman–Crippen LogP) is 2.85. The fourth-order valence-corrected chi connectivity index (χ4v) is 2.32. The molecule has 2 aromatic carbocycles. The highest BCUT2D eigenvalue weighted by molar-refractivity contribution is 5.93. The minimum absolute atomic E-state index is 0.176. The molecule has 2 amide bonds. The molecule has 0 atom stereocenters. The minimum Gasteiger partial charge on any atom is -0.484 e. The number of carbonyl (C=O) groups excluding carboxylic acids is 2. The standard InChI is InChI=1S/C20H22N2O3/c1-14-5-4-6-17(10-14)7-8-19(23)21-22-20(24)13-25-18-11-15(2)9-16(3)12-18/h4-12H,13H2,1-3H3,(H,21,23)(H,22,24)/b8-7+. The Labute approximate surface area is 147 Å². The van der Waals surface area contributed by atoms with Crippen molar-refractivity contribution in [2.75, 3.05) is 6.61 Å². The molecule has 0 aliphatic heterocycles. The lowest BCUT2D eigenvalue weighted by atomic mass is 10.1. The Bertz CT molecular complexity index is 777. The Balaban J connectivity index is 1.76. The summed E-state index contributed by atoms with van der Waals surface area (Å²) in [6.45, 7) is 5.72. The second-order valence-corrected chi connectivity index (χ2v) is 5.90. The average molecular weight is 338 g/mol. The van der Waals surface area contributed by atoms with Crippen LogP contribution in [0, 0.1) is 20.8 Å². The first-order valence-electron chi connectivity index (χ1n) is 7.97. The molecule has 0 saturated carbocycles. The zero-order valence-corrected chi connectivity index (χ0v) is 14.6. The maximum atomic E-state index is 11.7. The molecule has 2 aromatic rings. The monoisotopic (exact) mass is 338 g/mol. The van der Waals surface area contributed by atoms with Gasteiger partial charge in [0.2, 0.25) is 0 Å². The molecule has 0 heterocycles. The van der Waals surface area contributed by atoms with Gasteiger partial charge in [-0.05, 0) is 55.7 Å². The highest BCUT2D eigenvalue weighted by atomic mass is 16.5. The smallest absolute Gasteiger partial charge is 0.276 e. The number of ether oxygens (including phenoxy) is 1. The van der Waals surface area contributed by atoms with Crippen LogP contribution in [0.4, 0.5) is 0 Å². The zero-order valence-electron chi connectivity index (χ0n) is 14.6. The fourth-order valence-electron chi connectivity index (χ4n) is 2.32. The van der Waals surface area contributed by atoms with Crippen LogP contribution in [0.3, 0.4) is 0 Å². The number of hydrogen-bond acceptors (Lipinski definition) is 3. The van der Waals surface area contributed by atoms with Gasteiger partial charge < -0.3 is 4.74 Å². The van der Waals surface area contributed by atoms with Crippen molar-refractivity contribution in [2.24, 2.45) is 0 Å². The summed E-state index contributed by atoms with van der Waals surface area (Å²) in [6, 6.07) is 13.5. The van der Waals surface area contributed by atoms with Crippen LogP contribution in [0.5, 0.6) is 5.75 Å². The minimum atomic E-state index is -0.434. The summed E-state index contributed by atoms with van der Waals surface area (Å²) >= 11 is 0. The Morgan fingerprint density at radius 2 is 1.68 bits per heavy atom. The molecule has 0 aromatic heterocycles. The molecule has 2 N–H and O–H groups in total. The first-order valence-corrected chi connectivity index (χ1v) is 7.97. The van der Waals surface area contributed by atoms with E-state index in [0.717, 1.165) is 22.3 Å². The molecule has 130 valence electrons. The van der Waals surface area contributed by atoms with Crippen LogP contribution in [0.25, 0.3) is 6.08 Å². The number of benzene rings is 2. The van der Waals surface area contributed by atoms with E-state index in [-0.39, 0.29) is 6.61 Å². The lowest BCUT2D eigenvalue weighted by Gasteiger charge is -2.09. The van der Waals surface area contributed by atoms with Crippen molar-refractivity contribution < 1.29 is 14.3 Å². The lowest BCUT2D eigenvalue weighted by molar-refractivity contribution is -0.128. The van der Waals surface area contributed by atoms with E-state index in [9.17, 15) is 9.59 Å². The molecule has 0 bridgehead atoms. The number of amides is 2. The molecule has 0 radical (unpaired) electrons. The fraction of sp³-hybridized carbons (Fsp3) is 0.200. The predicted molar refractivity (Wildman–Crippen MR) is 97.9 cm³/mol. The first-order chi connectivity index (χ1) is 11.9. The zero-order chi connectivity index (χ0) is 18.2. The molecule has 0 spiro atoms. The van der Waals surface area contributed by atoms with E-state index in [2.05, 4.69) is 10.9 Å². The summed E-state index contributed by atoms with van der Waals surface area (Å²) in [5, 5.41) is 0. The summed E-state index contributed by atoms with van der Waals surface area (Å²) < 4.78 is 5.42. The third-order valence-corrected chi connectivity index (χ3v) is 3.36. The molecule has 0 aliphatic rings. The van der Waals surface area contributed by atoms with Crippen LogP contribution < -0.4 is 15.6 Å². The van der Waals surface area contributed by atoms with Gasteiger partial charge in [-0.25, -0.2) is 0 Å². The number of hydrogen-bond donors (Lipinski definition) is 2. The van der Waals surface area contributed by atoms with Crippen LogP contribution in [-0.4, -0.2) is 18.4 Å². The van der Waals surface area contributed by atoms with Gasteiger partial charge in [0.05, 0.1) is 0 Å². The molecule has 5 nitrogen and oxygen atoms in total. The van der Waals surface area contributed by atoms with Crippen LogP contribution in [0.15, 0.2) is 48.5 Å². The summed E-state index contributed by atoms with van der Waals surface area (Å²) in [7, 11) is 0. The Kier molecular flexibility index (Phi) is 6.34. The average Bonchev–Trinajstić information content (AvgIpc) is 2.55. The van der Waals surface area contributed by atoms with Gasteiger partial charge >= 0.3 is 0 Å². The van der Waals surface area contributed by atoms with Gasteiger partial charge in [0, 0.05) is 6.08 Å². The van der Waals surface area contributed by atoms with Crippen LogP contribution >= 0.6 is 0 Å². The van der Waals surface area contributed by atoms with Crippen molar-refractivity contribution in [1.82, 2.24) is 10.9 Å². The van der Waals surface area contributed by atoms with Crippen molar-refractivity contribution in [3.8, 4) is 5.75 Å². The van der Waals surface area contributed by atoms with Crippen molar-refractivity contribution in [1.29, 1.82) is 0 Å². The van der Waals surface area contributed by atoms with Crippen molar-refractivity contribution in [3.05, 3.63) is 70.8 Å². The van der Waals surface area contributed by atoms with Gasteiger partial charge in [0.15, 0.2) is 6.61 Å². The van der Waals surface area contributed by atoms with E-state index in [1.165, 1.54) is 6.08 Å². The van der Waals surface area contributed by atoms with Gasteiger partial charge in [-0.3, -0.25) is 20.4 Å². The molecule has 25 heavy (non-hydrogen) atoms. The third-order valence-electron chi connectivity index (χ3n) is 3.36. The molecule has 5 heteroatoms. The first kappa shape index (κ1) is 18.3. The van der Waals surface area contributed by atoms with Crippen molar-refractivity contribution >= 4 is 17.9 Å². The number of carbonyl (C=O) groups is 2. The second kappa shape index (κ2) is 8.68. The van der Waals surface area contributed by atoms with Crippen LogP contribution in [0.2, 0.25) is 0 Å². The second-order valence-electron chi connectivity index (χ2n) is 5.90. The summed E-state index contributed by atoms with van der Waals surface area (Å²) in [5.41, 5.74) is 8.78. The van der Waals surface area contributed by atoms with Crippen molar-refractivity contribution in [2.45, 2.75) is 20.8 Å². The maximum Gasteiger partial charge on any atom is 0.276 e. The van der Waals surface area contributed by atoms with E-state index in [0.29, 0.717) is 5.75 Å². The number of aryl methyl sites for hydroxylation is 3. The summed E-state index contributed by atoms with van der Waals surface area (Å²) in [5.74, 6) is -0.226. The van der Waals surface area contributed by atoms with Gasteiger partial charge in [0.25, 0.3) is 11.8 Å². The summed E-state index contributed by atoms with van der Waals surface area (Å²) in [4.78, 5) is 23.5. The lowest BCUT2D eigenvalue weighted by Crippen LogP contribution is -2.43. The molecule has 2 rings (SSSR count). The third kappa shape index (κ3) is 6.51.